The van der Waals surface area contributed by atoms with Crippen molar-refractivity contribution in [1.29, 1.82) is 0 Å². The number of fused-ring (bicyclic) bond motifs is 1. The van der Waals surface area contributed by atoms with Gasteiger partial charge in [0.2, 0.25) is 0 Å². The summed E-state index contributed by atoms with van der Waals surface area (Å²) in [4.78, 5) is 35.1. The molecule has 0 amide bonds. The molecule has 2 aliphatic rings. The van der Waals surface area contributed by atoms with E-state index in [1.54, 1.807) is 0 Å². The molecule has 0 aromatic carbocycles. The smallest absolute Gasteiger partial charge is 0.338 e. The SMILES string of the molecule is CC(=O)OCC1=C2CCC(C)=CCC(=O)C(C)CC2OC1=O. The van der Waals surface area contributed by atoms with Crippen LogP contribution in [0.25, 0.3) is 0 Å². The molecule has 5 nitrogen and oxygen atoms in total. The highest BCUT2D eigenvalue weighted by molar-refractivity contribution is 5.93. The van der Waals surface area contributed by atoms with Crippen LogP contribution in [-0.2, 0) is 23.9 Å². The van der Waals surface area contributed by atoms with Gasteiger partial charge in [0.1, 0.15) is 18.5 Å². The van der Waals surface area contributed by atoms with Crippen LogP contribution in [0.2, 0.25) is 0 Å². The highest BCUT2D eigenvalue weighted by atomic mass is 16.6. The summed E-state index contributed by atoms with van der Waals surface area (Å²) in [6.07, 6.45) is 3.99. The Kier molecular flexibility index (Phi) is 5.16. The lowest BCUT2D eigenvalue weighted by atomic mass is 9.88. The number of esters is 2. The Morgan fingerprint density at radius 1 is 1.36 bits per heavy atom. The first-order chi connectivity index (χ1) is 10.4. The van der Waals surface area contributed by atoms with E-state index in [1.807, 2.05) is 19.9 Å². The molecule has 1 aliphatic heterocycles. The number of carbonyl (C=O) groups excluding carboxylic acids is 3. The third-order valence-electron chi connectivity index (χ3n) is 4.25. The van der Waals surface area contributed by atoms with E-state index in [9.17, 15) is 14.4 Å². The molecule has 2 unspecified atom stereocenters. The van der Waals surface area contributed by atoms with Crippen LogP contribution in [0.5, 0.6) is 0 Å². The molecular weight excluding hydrogens is 284 g/mol. The van der Waals surface area contributed by atoms with Crippen molar-refractivity contribution < 1.29 is 23.9 Å². The Balaban J connectivity index is 2.28. The fraction of sp³-hybridized carbons (Fsp3) is 0.588. The van der Waals surface area contributed by atoms with Crippen LogP contribution in [0.1, 0.15) is 46.5 Å². The number of ether oxygens (including phenoxy) is 2. The van der Waals surface area contributed by atoms with Crippen LogP contribution in [0.4, 0.5) is 0 Å². The Morgan fingerprint density at radius 2 is 2.09 bits per heavy atom. The van der Waals surface area contributed by atoms with Crippen molar-refractivity contribution in [2.24, 2.45) is 5.92 Å². The second-order valence-electron chi connectivity index (χ2n) is 6.04. The van der Waals surface area contributed by atoms with Gasteiger partial charge in [0.15, 0.2) is 0 Å². The summed E-state index contributed by atoms with van der Waals surface area (Å²) in [5.41, 5.74) is 2.44. The quantitative estimate of drug-likeness (QED) is 0.579. The first-order valence-corrected chi connectivity index (χ1v) is 7.63. The lowest BCUT2D eigenvalue weighted by molar-refractivity contribution is -0.143. The first kappa shape index (κ1) is 16.5. The zero-order valence-corrected chi connectivity index (χ0v) is 13.3. The minimum Gasteiger partial charge on any atom is -0.461 e. The molecule has 0 saturated heterocycles. The molecule has 0 radical (unpaired) electrons. The normalized spacial score (nSPS) is 26.2. The van der Waals surface area contributed by atoms with Gasteiger partial charge in [0, 0.05) is 19.3 Å². The molecule has 0 fully saturated rings. The summed E-state index contributed by atoms with van der Waals surface area (Å²) in [5.74, 6) is -0.862. The summed E-state index contributed by atoms with van der Waals surface area (Å²) in [5, 5.41) is 0. The topological polar surface area (TPSA) is 69.7 Å². The van der Waals surface area contributed by atoms with Gasteiger partial charge < -0.3 is 9.47 Å². The first-order valence-electron chi connectivity index (χ1n) is 7.63. The van der Waals surface area contributed by atoms with E-state index in [0.717, 1.165) is 17.6 Å². The lowest BCUT2D eigenvalue weighted by Crippen LogP contribution is -2.21. The minimum absolute atomic E-state index is 0.0505. The molecule has 0 N–H and O–H groups in total. The molecule has 0 saturated carbocycles. The van der Waals surface area contributed by atoms with E-state index >= 15 is 0 Å². The number of allylic oxidation sites excluding steroid dienone is 2. The Bertz CT molecular complexity index is 555. The Labute approximate surface area is 130 Å². The Morgan fingerprint density at radius 3 is 2.77 bits per heavy atom. The molecule has 0 spiro atoms. The molecular formula is C17H22O5. The van der Waals surface area contributed by atoms with Crippen LogP contribution in [0, 0.1) is 5.92 Å². The van der Waals surface area contributed by atoms with Crippen LogP contribution in [0.15, 0.2) is 22.8 Å². The second kappa shape index (κ2) is 6.90. The highest BCUT2D eigenvalue weighted by Gasteiger charge is 2.36. The van der Waals surface area contributed by atoms with Crippen LogP contribution in [-0.4, -0.2) is 30.4 Å². The average molecular weight is 306 g/mol. The van der Waals surface area contributed by atoms with Crippen LogP contribution >= 0.6 is 0 Å². The molecule has 0 bridgehead atoms. The molecule has 5 heteroatoms. The molecule has 120 valence electrons. The van der Waals surface area contributed by atoms with Gasteiger partial charge in [-0.25, -0.2) is 4.79 Å². The van der Waals surface area contributed by atoms with E-state index in [0.29, 0.717) is 24.8 Å². The van der Waals surface area contributed by atoms with Crippen molar-refractivity contribution in [3.8, 4) is 0 Å². The number of Topliss-reactive ketones (excluding diaryl/α,β-unsaturated/α-hetero) is 1. The zero-order chi connectivity index (χ0) is 16.3. The largest absolute Gasteiger partial charge is 0.461 e. The van der Waals surface area contributed by atoms with E-state index < -0.39 is 11.9 Å². The average Bonchev–Trinajstić information content (AvgIpc) is 2.74. The van der Waals surface area contributed by atoms with Gasteiger partial charge in [0.25, 0.3) is 0 Å². The van der Waals surface area contributed by atoms with Crippen molar-refractivity contribution >= 4 is 17.7 Å². The van der Waals surface area contributed by atoms with Gasteiger partial charge in [0.05, 0.1) is 5.57 Å². The summed E-state index contributed by atoms with van der Waals surface area (Å²) in [7, 11) is 0. The maximum absolute atomic E-state index is 12.1. The lowest BCUT2D eigenvalue weighted by Gasteiger charge is -2.19. The predicted octanol–water partition coefficient (Wildman–Crippen LogP) is 2.50. The predicted molar refractivity (Wildman–Crippen MR) is 79.9 cm³/mol. The van der Waals surface area contributed by atoms with Gasteiger partial charge in [-0.15, -0.1) is 0 Å². The molecule has 22 heavy (non-hydrogen) atoms. The van der Waals surface area contributed by atoms with Crippen molar-refractivity contribution in [2.75, 3.05) is 6.61 Å². The van der Waals surface area contributed by atoms with E-state index in [1.165, 1.54) is 6.92 Å². The van der Waals surface area contributed by atoms with Crippen molar-refractivity contribution in [1.82, 2.24) is 0 Å². The monoisotopic (exact) mass is 306 g/mol. The summed E-state index contributed by atoms with van der Waals surface area (Å²) in [6, 6.07) is 0. The molecule has 1 heterocycles. The van der Waals surface area contributed by atoms with E-state index in [2.05, 4.69) is 0 Å². The van der Waals surface area contributed by atoms with Gasteiger partial charge in [-0.1, -0.05) is 18.6 Å². The standard InChI is InChI=1S/C17H22O5/c1-10-4-6-13-14(9-21-12(3)18)17(20)22-16(13)8-11(2)15(19)7-5-10/h5,11,16H,4,6-9H2,1-3H3. The molecule has 2 atom stereocenters. The summed E-state index contributed by atoms with van der Waals surface area (Å²) in [6.45, 7) is 5.11. The molecule has 0 aromatic heterocycles. The van der Waals surface area contributed by atoms with Crippen molar-refractivity contribution in [3.05, 3.63) is 22.8 Å². The van der Waals surface area contributed by atoms with Crippen molar-refractivity contribution in [3.63, 3.8) is 0 Å². The zero-order valence-electron chi connectivity index (χ0n) is 13.3. The van der Waals surface area contributed by atoms with E-state index in [-0.39, 0.29) is 24.4 Å². The molecule has 0 aromatic rings. The van der Waals surface area contributed by atoms with Gasteiger partial charge in [-0.05, 0) is 31.8 Å². The molecule has 2 rings (SSSR count). The van der Waals surface area contributed by atoms with Crippen LogP contribution < -0.4 is 0 Å². The highest BCUT2D eigenvalue weighted by Crippen LogP contribution is 2.33. The number of hydrogen-bond donors (Lipinski definition) is 0. The van der Waals surface area contributed by atoms with E-state index in [4.69, 9.17) is 9.47 Å². The number of rotatable bonds is 2. The van der Waals surface area contributed by atoms with Crippen molar-refractivity contribution in [2.45, 2.75) is 52.6 Å². The number of carbonyl (C=O) groups is 3. The van der Waals surface area contributed by atoms with Crippen LogP contribution in [0.3, 0.4) is 0 Å². The maximum Gasteiger partial charge on any atom is 0.338 e. The van der Waals surface area contributed by atoms with Gasteiger partial charge >= 0.3 is 11.9 Å². The number of ketones is 1. The second-order valence-corrected chi connectivity index (χ2v) is 6.04. The fourth-order valence-electron chi connectivity index (χ4n) is 2.79. The summed E-state index contributed by atoms with van der Waals surface area (Å²) < 4.78 is 10.4. The van der Waals surface area contributed by atoms with Gasteiger partial charge in [-0.3, -0.25) is 9.59 Å². The van der Waals surface area contributed by atoms with Gasteiger partial charge in [-0.2, -0.15) is 0 Å². The fourth-order valence-corrected chi connectivity index (χ4v) is 2.79. The molecule has 1 aliphatic carbocycles. The maximum atomic E-state index is 12.1. The Hall–Kier alpha value is -1.91. The third kappa shape index (κ3) is 3.84. The minimum atomic E-state index is -0.429. The summed E-state index contributed by atoms with van der Waals surface area (Å²) >= 11 is 0. The number of hydrogen-bond acceptors (Lipinski definition) is 5. The third-order valence-corrected chi connectivity index (χ3v) is 4.25.